The number of carbonyl (C=O) groups excluding carboxylic acids is 2. The molecule has 0 atom stereocenters. The number of ether oxygens (including phenoxy) is 2. The molecule has 1 aromatic carbocycles. The minimum absolute atomic E-state index is 0.0907. The summed E-state index contributed by atoms with van der Waals surface area (Å²) in [4.78, 5) is 33.2. The molecule has 0 fully saturated rings. The maximum Gasteiger partial charge on any atom is 0.374 e. The zero-order valence-corrected chi connectivity index (χ0v) is 11.9. The van der Waals surface area contributed by atoms with Gasteiger partial charge in [0.25, 0.3) is 5.69 Å². The van der Waals surface area contributed by atoms with E-state index < -0.39 is 22.6 Å². The van der Waals surface area contributed by atoms with Crippen LogP contribution in [-0.4, -0.2) is 23.5 Å². The van der Waals surface area contributed by atoms with Crippen molar-refractivity contribution in [2.24, 2.45) is 0 Å². The van der Waals surface area contributed by atoms with E-state index >= 15 is 0 Å². The zero-order valence-electron chi connectivity index (χ0n) is 11.9. The van der Waals surface area contributed by atoms with Crippen LogP contribution in [0.1, 0.15) is 25.0 Å². The first-order valence-electron chi connectivity index (χ1n) is 6.17. The number of hydrogen-bond acceptors (Lipinski definition) is 6. The van der Waals surface area contributed by atoms with Crippen molar-refractivity contribution in [2.75, 3.05) is 6.61 Å². The minimum Gasteiger partial charge on any atom is -0.460 e. The van der Waals surface area contributed by atoms with E-state index in [-0.39, 0.29) is 17.9 Å². The monoisotopic (exact) mass is 293 g/mol. The van der Waals surface area contributed by atoms with Gasteiger partial charge in [-0.05, 0) is 25.5 Å². The van der Waals surface area contributed by atoms with Gasteiger partial charge < -0.3 is 9.47 Å². The Morgan fingerprint density at radius 2 is 2.05 bits per heavy atom. The van der Waals surface area contributed by atoms with E-state index in [0.717, 1.165) is 13.0 Å². The van der Waals surface area contributed by atoms with Crippen LogP contribution in [0.25, 0.3) is 6.08 Å². The van der Waals surface area contributed by atoms with Crippen LogP contribution in [0.2, 0.25) is 0 Å². The lowest BCUT2D eigenvalue weighted by molar-refractivity contribution is -0.385. The van der Waals surface area contributed by atoms with Crippen molar-refractivity contribution >= 4 is 23.7 Å². The zero-order chi connectivity index (χ0) is 16.0. The Labute approximate surface area is 121 Å². The first-order valence-corrected chi connectivity index (χ1v) is 6.17. The van der Waals surface area contributed by atoms with Crippen molar-refractivity contribution in [2.45, 2.75) is 20.8 Å². The van der Waals surface area contributed by atoms with Gasteiger partial charge in [-0.15, -0.1) is 0 Å². The van der Waals surface area contributed by atoms with Crippen molar-refractivity contribution in [3.05, 3.63) is 45.2 Å². The SMILES string of the molecule is CCOC(=O)/C(=C/c1ccc(C)cc1[N+](=O)[O-])OC(C)=O. The smallest absolute Gasteiger partial charge is 0.374 e. The number of benzene rings is 1. The number of nitrogens with zero attached hydrogens (tertiary/aromatic N) is 1. The third-order valence-corrected chi connectivity index (χ3v) is 2.40. The lowest BCUT2D eigenvalue weighted by Crippen LogP contribution is -2.13. The molecular formula is C14H15NO6. The van der Waals surface area contributed by atoms with E-state index in [1.165, 1.54) is 12.1 Å². The molecular weight excluding hydrogens is 278 g/mol. The number of aryl methyl sites for hydroxylation is 1. The fraction of sp³-hybridized carbons (Fsp3) is 0.286. The molecule has 0 heterocycles. The molecule has 0 unspecified atom stereocenters. The van der Waals surface area contributed by atoms with Crippen LogP contribution in [0.3, 0.4) is 0 Å². The summed E-state index contributed by atoms with van der Waals surface area (Å²) in [5.74, 6) is -1.97. The Morgan fingerprint density at radius 1 is 1.38 bits per heavy atom. The van der Waals surface area contributed by atoms with Crippen LogP contribution < -0.4 is 0 Å². The number of carbonyl (C=O) groups is 2. The third-order valence-electron chi connectivity index (χ3n) is 2.40. The quantitative estimate of drug-likeness (QED) is 0.272. The maximum absolute atomic E-state index is 11.7. The average Bonchev–Trinajstić information content (AvgIpc) is 2.39. The third kappa shape index (κ3) is 4.72. The van der Waals surface area contributed by atoms with Crippen LogP contribution in [0.4, 0.5) is 5.69 Å². The molecule has 0 N–H and O–H groups in total. The van der Waals surface area contributed by atoms with Gasteiger partial charge in [-0.3, -0.25) is 14.9 Å². The molecule has 0 aliphatic carbocycles. The molecule has 21 heavy (non-hydrogen) atoms. The van der Waals surface area contributed by atoms with Gasteiger partial charge in [-0.25, -0.2) is 4.79 Å². The predicted octanol–water partition coefficient (Wildman–Crippen LogP) is 2.37. The van der Waals surface area contributed by atoms with Gasteiger partial charge in [-0.2, -0.15) is 0 Å². The van der Waals surface area contributed by atoms with Gasteiger partial charge in [0.1, 0.15) is 0 Å². The molecule has 0 saturated heterocycles. The highest BCUT2D eigenvalue weighted by atomic mass is 16.6. The largest absolute Gasteiger partial charge is 0.460 e. The molecule has 0 bridgehead atoms. The number of hydrogen-bond donors (Lipinski definition) is 0. The summed E-state index contributed by atoms with van der Waals surface area (Å²) in [5.41, 5.74) is 0.655. The van der Waals surface area contributed by atoms with E-state index in [2.05, 4.69) is 0 Å². The topological polar surface area (TPSA) is 95.7 Å². The van der Waals surface area contributed by atoms with E-state index in [4.69, 9.17) is 9.47 Å². The molecule has 0 aliphatic rings. The normalized spacial score (nSPS) is 10.9. The van der Waals surface area contributed by atoms with Crippen molar-refractivity contribution in [1.82, 2.24) is 0 Å². The van der Waals surface area contributed by atoms with Crippen LogP contribution >= 0.6 is 0 Å². The molecule has 0 radical (unpaired) electrons. The van der Waals surface area contributed by atoms with Crippen molar-refractivity contribution in [3.8, 4) is 0 Å². The highest BCUT2D eigenvalue weighted by molar-refractivity contribution is 5.94. The first-order chi connectivity index (χ1) is 9.85. The molecule has 0 saturated carbocycles. The molecule has 1 rings (SSSR count). The number of rotatable bonds is 5. The van der Waals surface area contributed by atoms with Crippen molar-refractivity contribution in [1.29, 1.82) is 0 Å². The standard InChI is InChI=1S/C14H15NO6/c1-4-20-14(17)13(21-10(3)16)8-11-6-5-9(2)7-12(11)15(18)19/h5-8H,4H2,1-3H3/b13-8-. The average molecular weight is 293 g/mol. The predicted molar refractivity (Wildman–Crippen MR) is 74.2 cm³/mol. The van der Waals surface area contributed by atoms with Crippen LogP contribution in [0, 0.1) is 17.0 Å². The van der Waals surface area contributed by atoms with Crippen LogP contribution in [0.15, 0.2) is 24.0 Å². The first kappa shape index (κ1) is 16.4. The van der Waals surface area contributed by atoms with Gasteiger partial charge >= 0.3 is 11.9 Å². The fourth-order valence-electron chi connectivity index (χ4n) is 1.56. The van der Waals surface area contributed by atoms with Crippen LogP contribution in [0.5, 0.6) is 0 Å². The summed E-state index contributed by atoms with van der Waals surface area (Å²) >= 11 is 0. The number of nitro benzene ring substituents is 1. The van der Waals surface area contributed by atoms with Crippen LogP contribution in [-0.2, 0) is 19.1 Å². The molecule has 7 heteroatoms. The highest BCUT2D eigenvalue weighted by Crippen LogP contribution is 2.23. The minimum atomic E-state index is -0.859. The Hall–Kier alpha value is -2.70. The summed E-state index contributed by atoms with van der Waals surface area (Å²) in [6, 6.07) is 4.48. The molecule has 7 nitrogen and oxygen atoms in total. The summed E-state index contributed by atoms with van der Waals surface area (Å²) < 4.78 is 9.51. The van der Waals surface area contributed by atoms with E-state index in [9.17, 15) is 19.7 Å². The van der Waals surface area contributed by atoms with E-state index in [1.807, 2.05) is 0 Å². The maximum atomic E-state index is 11.7. The lowest BCUT2D eigenvalue weighted by Gasteiger charge is -2.07. The van der Waals surface area contributed by atoms with Gasteiger partial charge in [0.15, 0.2) is 0 Å². The second-order valence-electron chi connectivity index (χ2n) is 4.14. The molecule has 112 valence electrons. The van der Waals surface area contributed by atoms with Gasteiger partial charge in [0, 0.05) is 19.1 Å². The van der Waals surface area contributed by atoms with Crippen molar-refractivity contribution in [3.63, 3.8) is 0 Å². The van der Waals surface area contributed by atoms with E-state index in [0.29, 0.717) is 5.56 Å². The molecule has 1 aromatic rings. The Morgan fingerprint density at radius 3 is 2.57 bits per heavy atom. The Balaban J connectivity index is 3.29. The number of nitro groups is 1. The summed E-state index contributed by atoms with van der Waals surface area (Å²) in [5, 5.41) is 11.0. The lowest BCUT2D eigenvalue weighted by atomic mass is 10.1. The van der Waals surface area contributed by atoms with Gasteiger partial charge in [-0.1, -0.05) is 6.07 Å². The van der Waals surface area contributed by atoms with Gasteiger partial charge in [0.2, 0.25) is 5.76 Å². The van der Waals surface area contributed by atoms with Gasteiger partial charge in [0.05, 0.1) is 17.1 Å². The van der Waals surface area contributed by atoms with Crippen molar-refractivity contribution < 1.29 is 24.0 Å². The summed E-state index contributed by atoms with van der Waals surface area (Å²) in [7, 11) is 0. The fourth-order valence-corrected chi connectivity index (χ4v) is 1.56. The molecule has 0 aromatic heterocycles. The highest BCUT2D eigenvalue weighted by Gasteiger charge is 2.19. The summed E-state index contributed by atoms with van der Waals surface area (Å²) in [6.07, 6.45) is 1.12. The molecule has 0 spiro atoms. The molecule has 0 amide bonds. The molecule has 0 aliphatic heterocycles. The number of esters is 2. The Kier molecular flexibility index (Phi) is 5.59. The van der Waals surface area contributed by atoms with E-state index in [1.54, 1.807) is 19.9 Å². The second kappa shape index (κ2) is 7.18. The Bertz CT molecular complexity index is 605. The second-order valence-corrected chi connectivity index (χ2v) is 4.14. The summed E-state index contributed by atoms with van der Waals surface area (Å²) in [6.45, 7) is 4.51.